The van der Waals surface area contributed by atoms with Gasteiger partial charge < -0.3 is 5.32 Å². The van der Waals surface area contributed by atoms with E-state index in [1.165, 1.54) is 18.5 Å². The standard InChI is InChI=1S/C11H15FN2O2S/c1-17(15,16)10-4-2-3-9(10)14-8-5-6-11(12)13-7-8/h5-7,9-10,14H,2-4H2,1H3. The number of hydrogen-bond donors (Lipinski definition) is 1. The van der Waals surface area contributed by atoms with Crippen molar-refractivity contribution < 1.29 is 12.8 Å². The zero-order valence-corrected chi connectivity index (χ0v) is 10.4. The molecule has 0 spiro atoms. The number of nitrogens with one attached hydrogen (secondary N) is 1. The molecule has 0 aliphatic heterocycles. The average Bonchev–Trinajstić information content (AvgIpc) is 2.69. The molecule has 0 saturated heterocycles. The van der Waals surface area contributed by atoms with E-state index in [1.54, 1.807) is 6.07 Å². The molecule has 4 nitrogen and oxygen atoms in total. The lowest BCUT2D eigenvalue weighted by molar-refractivity contribution is 0.577. The first-order valence-corrected chi connectivity index (χ1v) is 7.49. The Morgan fingerprint density at radius 1 is 1.41 bits per heavy atom. The van der Waals surface area contributed by atoms with Crippen molar-refractivity contribution in [2.45, 2.75) is 30.6 Å². The minimum atomic E-state index is -3.04. The highest BCUT2D eigenvalue weighted by atomic mass is 32.2. The highest BCUT2D eigenvalue weighted by molar-refractivity contribution is 7.91. The van der Waals surface area contributed by atoms with Gasteiger partial charge in [-0.3, -0.25) is 0 Å². The highest BCUT2D eigenvalue weighted by Gasteiger charge is 2.34. The summed E-state index contributed by atoms with van der Waals surface area (Å²) in [6.07, 6.45) is 5.04. The van der Waals surface area contributed by atoms with Gasteiger partial charge in [0, 0.05) is 12.3 Å². The van der Waals surface area contributed by atoms with Gasteiger partial charge in [0.25, 0.3) is 0 Å². The van der Waals surface area contributed by atoms with Crippen LogP contribution in [-0.4, -0.2) is 30.9 Å². The molecule has 0 amide bonds. The van der Waals surface area contributed by atoms with Crippen molar-refractivity contribution in [3.05, 3.63) is 24.3 Å². The highest BCUT2D eigenvalue weighted by Crippen LogP contribution is 2.27. The van der Waals surface area contributed by atoms with Crippen molar-refractivity contribution >= 4 is 15.5 Å². The molecule has 6 heteroatoms. The number of anilines is 1. The Bertz CT molecular complexity index is 487. The maximum Gasteiger partial charge on any atom is 0.212 e. The number of rotatable bonds is 3. The van der Waals surface area contributed by atoms with Gasteiger partial charge in [-0.1, -0.05) is 0 Å². The van der Waals surface area contributed by atoms with E-state index in [4.69, 9.17) is 0 Å². The number of pyridine rings is 1. The van der Waals surface area contributed by atoms with Gasteiger partial charge in [0.15, 0.2) is 9.84 Å². The van der Waals surface area contributed by atoms with Crippen LogP contribution < -0.4 is 5.32 Å². The maximum atomic E-state index is 12.6. The van der Waals surface area contributed by atoms with Crippen LogP contribution in [0.3, 0.4) is 0 Å². The lowest BCUT2D eigenvalue weighted by Gasteiger charge is -2.20. The smallest absolute Gasteiger partial charge is 0.212 e. The summed E-state index contributed by atoms with van der Waals surface area (Å²) in [5, 5.41) is 2.76. The van der Waals surface area contributed by atoms with Crippen LogP contribution in [0.25, 0.3) is 0 Å². The topological polar surface area (TPSA) is 59.1 Å². The third-order valence-corrected chi connectivity index (χ3v) is 4.75. The number of aromatic nitrogens is 1. The summed E-state index contributed by atoms with van der Waals surface area (Å²) in [7, 11) is -3.04. The fourth-order valence-corrected chi connectivity index (χ4v) is 3.67. The van der Waals surface area contributed by atoms with E-state index in [2.05, 4.69) is 10.3 Å². The molecule has 0 radical (unpaired) electrons. The molecule has 1 saturated carbocycles. The molecule has 2 unspecified atom stereocenters. The van der Waals surface area contributed by atoms with Gasteiger partial charge >= 0.3 is 0 Å². The van der Waals surface area contributed by atoms with E-state index < -0.39 is 15.8 Å². The van der Waals surface area contributed by atoms with Crippen LogP contribution in [0, 0.1) is 5.95 Å². The largest absolute Gasteiger partial charge is 0.380 e. The molecular formula is C11H15FN2O2S. The Morgan fingerprint density at radius 3 is 2.76 bits per heavy atom. The average molecular weight is 258 g/mol. The van der Waals surface area contributed by atoms with Crippen molar-refractivity contribution in [1.82, 2.24) is 4.98 Å². The first-order chi connectivity index (χ1) is 7.97. The van der Waals surface area contributed by atoms with Crippen LogP contribution in [0.1, 0.15) is 19.3 Å². The van der Waals surface area contributed by atoms with Crippen molar-refractivity contribution in [2.24, 2.45) is 0 Å². The normalized spacial score (nSPS) is 24.8. The SMILES string of the molecule is CS(=O)(=O)C1CCCC1Nc1ccc(F)nc1. The van der Waals surface area contributed by atoms with E-state index in [0.717, 1.165) is 12.8 Å². The third kappa shape index (κ3) is 2.94. The summed E-state index contributed by atoms with van der Waals surface area (Å²) in [4.78, 5) is 3.53. The summed E-state index contributed by atoms with van der Waals surface area (Å²) in [5.74, 6) is -0.540. The van der Waals surface area contributed by atoms with Gasteiger partial charge in [-0.25, -0.2) is 13.4 Å². The van der Waals surface area contributed by atoms with E-state index in [0.29, 0.717) is 12.1 Å². The fraction of sp³-hybridized carbons (Fsp3) is 0.545. The maximum absolute atomic E-state index is 12.6. The first kappa shape index (κ1) is 12.3. The Morgan fingerprint density at radius 2 is 2.18 bits per heavy atom. The number of nitrogens with zero attached hydrogens (tertiary/aromatic N) is 1. The van der Waals surface area contributed by atoms with Crippen LogP contribution in [0.4, 0.5) is 10.1 Å². The van der Waals surface area contributed by atoms with Crippen LogP contribution in [0.15, 0.2) is 18.3 Å². The lowest BCUT2D eigenvalue weighted by Crippen LogP contribution is -2.34. The van der Waals surface area contributed by atoms with Gasteiger partial charge in [0.2, 0.25) is 5.95 Å². The monoisotopic (exact) mass is 258 g/mol. The summed E-state index contributed by atoms with van der Waals surface area (Å²) in [6.45, 7) is 0. The number of halogens is 1. The number of hydrogen-bond acceptors (Lipinski definition) is 4. The van der Waals surface area contributed by atoms with E-state index >= 15 is 0 Å². The van der Waals surface area contributed by atoms with Crippen molar-refractivity contribution in [3.63, 3.8) is 0 Å². The molecular weight excluding hydrogens is 243 g/mol. The van der Waals surface area contributed by atoms with Crippen LogP contribution in [0.2, 0.25) is 0 Å². The minimum absolute atomic E-state index is 0.0998. The molecule has 2 atom stereocenters. The zero-order valence-electron chi connectivity index (χ0n) is 9.56. The lowest BCUT2D eigenvalue weighted by atomic mass is 10.2. The van der Waals surface area contributed by atoms with Crippen LogP contribution in [-0.2, 0) is 9.84 Å². The fourth-order valence-electron chi connectivity index (χ4n) is 2.28. The van der Waals surface area contributed by atoms with Crippen molar-refractivity contribution in [3.8, 4) is 0 Å². The molecule has 1 aromatic rings. The number of sulfone groups is 1. The molecule has 1 aromatic heterocycles. The third-order valence-electron chi connectivity index (χ3n) is 3.08. The molecule has 17 heavy (non-hydrogen) atoms. The summed E-state index contributed by atoms with van der Waals surface area (Å²) < 4.78 is 35.8. The van der Waals surface area contributed by atoms with Gasteiger partial charge in [0.1, 0.15) is 0 Å². The second-order valence-corrected chi connectivity index (χ2v) is 6.68. The Kier molecular flexibility index (Phi) is 3.33. The predicted molar refractivity (Wildman–Crippen MR) is 64.1 cm³/mol. The van der Waals surface area contributed by atoms with Gasteiger partial charge in [0.05, 0.1) is 17.1 Å². The summed E-state index contributed by atoms with van der Waals surface area (Å²) >= 11 is 0. The molecule has 94 valence electrons. The van der Waals surface area contributed by atoms with E-state index in [-0.39, 0.29) is 11.3 Å². The summed E-state index contributed by atoms with van der Waals surface area (Å²) in [5.41, 5.74) is 0.659. The van der Waals surface area contributed by atoms with Crippen LogP contribution in [0.5, 0.6) is 0 Å². The Hall–Kier alpha value is -1.17. The molecule has 1 aliphatic rings. The molecule has 0 aromatic carbocycles. The first-order valence-electron chi connectivity index (χ1n) is 5.54. The van der Waals surface area contributed by atoms with Crippen LogP contribution >= 0.6 is 0 Å². The van der Waals surface area contributed by atoms with Crippen molar-refractivity contribution in [2.75, 3.05) is 11.6 Å². The Balaban J connectivity index is 2.11. The quantitative estimate of drug-likeness (QED) is 0.837. The molecule has 1 aliphatic carbocycles. The van der Waals surface area contributed by atoms with Crippen molar-refractivity contribution in [1.29, 1.82) is 0 Å². The molecule has 2 rings (SSSR count). The van der Waals surface area contributed by atoms with E-state index in [9.17, 15) is 12.8 Å². The van der Waals surface area contributed by atoms with Gasteiger partial charge in [-0.05, 0) is 31.4 Å². The molecule has 1 heterocycles. The van der Waals surface area contributed by atoms with Gasteiger partial charge in [-0.2, -0.15) is 4.39 Å². The minimum Gasteiger partial charge on any atom is -0.380 e. The van der Waals surface area contributed by atoms with E-state index in [1.807, 2.05) is 0 Å². The van der Waals surface area contributed by atoms with Gasteiger partial charge in [-0.15, -0.1) is 0 Å². The molecule has 1 fully saturated rings. The Labute approximate surface area is 100 Å². The molecule has 1 N–H and O–H groups in total. The second kappa shape index (κ2) is 4.60. The second-order valence-electron chi connectivity index (χ2n) is 4.42. The predicted octanol–water partition coefficient (Wildman–Crippen LogP) is 1.60. The zero-order chi connectivity index (χ0) is 12.5. The summed E-state index contributed by atoms with van der Waals surface area (Å²) in [6, 6.07) is 2.73. The molecule has 0 bridgehead atoms.